The molecule has 0 amide bonds. The van der Waals surface area contributed by atoms with Crippen molar-refractivity contribution >= 4 is 5.69 Å². The van der Waals surface area contributed by atoms with Crippen LogP contribution in [0, 0.1) is 5.82 Å². The summed E-state index contributed by atoms with van der Waals surface area (Å²) in [6.45, 7) is 1.08. The molecule has 0 aliphatic rings. The minimum absolute atomic E-state index is 0.340. The second-order valence-electron chi connectivity index (χ2n) is 2.38. The van der Waals surface area contributed by atoms with Crippen molar-refractivity contribution in [1.29, 1.82) is 0 Å². The van der Waals surface area contributed by atoms with Crippen molar-refractivity contribution in [3.05, 3.63) is 24.0 Å². The molecule has 0 aliphatic heterocycles. The van der Waals surface area contributed by atoms with Crippen LogP contribution in [0.5, 0.6) is 5.75 Å². The summed E-state index contributed by atoms with van der Waals surface area (Å²) in [6, 6.07) is 4.12. The SMILES string of the molecule is NCCNc1ccc(O)c(F)c1. The Morgan fingerprint density at radius 1 is 1.50 bits per heavy atom. The lowest BCUT2D eigenvalue weighted by molar-refractivity contribution is 0.432. The summed E-state index contributed by atoms with van der Waals surface area (Å²) in [5.74, 6) is -0.967. The van der Waals surface area contributed by atoms with Gasteiger partial charge >= 0.3 is 0 Å². The fraction of sp³-hybridized carbons (Fsp3) is 0.250. The Hall–Kier alpha value is -1.29. The van der Waals surface area contributed by atoms with E-state index in [0.29, 0.717) is 18.8 Å². The van der Waals surface area contributed by atoms with E-state index < -0.39 is 5.82 Å². The number of rotatable bonds is 3. The highest BCUT2D eigenvalue weighted by Gasteiger charge is 1.99. The number of hydrogen-bond donors (Lipinski definition) is 3. The summed E-state index contributed by atoms with van der Waals surface area (Å²) >= 11 is 0. The van der Waals surface area contributed by atoms with Gasteiger partial charge in [0.05, 0.1) is 0 Å². The van der Waals surface area contributed by atoms with Gasteiger partial charge in [-0.3, -0.25) is 0 Å². The highest BCUT2D eigenvalue weighted by Crippen LogP contribution is 2.18. The van der Waals surface area contributed by atoms with Crippen molar-refractivity contribution in [3.8, 4) is 5.75 Å². The Morgan fingerprint density at radius 2 is 2.25 bits per heavy atom. The van der Waals surface area contributed by atoms with Gasteiger partial charge in [-0.2, -0.15) is 0 Å². The largest absolute Gasteiger partial charge is 0.505 e. The summed E-state index contributed by atoms with van der Waals surface area (Å²) in [4.78, 5) is 0. The molecule has 4 N–H and O–H groups in total. The molecule has 0 saturated heterocycles. The summed E-state index contributed by atoms with van der Waals surface area (Å²) in [6.07, 6.45) is 0. The van der Waals surface area contributed by atoms with E-state index in [4.69, 9.17) is 10.8 Å². The quantitative estimate of drug-likeness (QED) is 0.591. The van der Waals surface area contributed by atoms with Crippen LogP contribution in [0.25, 0.3) is 0 Å². The molecular weight excluding hydrogens is 159 g/mol. The Balaban J connectivity index is 2.69. The van der Waals surface area contributed by atoms with Gasteiger partial charge in [0.15, 0.2) is 11.6 Å². The van der Waals surface area contributed by atoms with Gasteiger partial charge < -0.3 is 16.2 Å². The van der Waals surface area contributed by atoms with Crippen molar-refractivity contribution in [2.75, 3.05) is 18.4 Å². The van der Waals surface area contributed by atoms with Gasteiger partial charge in [0.25, 0.3) is 0 Å². The maximum atomic E-state index is 12.7. The fourth-order valence-electron chi connectivity index (χ4n) is 0.833. The van der Waals surface area contributed by atoms with E-state index in [1.54, 1.807) is 6.07 Å². The molecule has 1 aromatic rings. The maximum absolute atomic E-state index is 12.7. The van der Waals surface area contributed by atoms with Gasteiger partial charge in [-0.25, -0.2) is 4.39 Å². The smallest absolute Gasteiger partial charge is 0.166 e. The van der Waals surface area contributed by atoms with E-state index in [9.17, 15) is 4.39 Å². The third-order valence-electron chi connectivity index (χ3n) is 1.42. The zero-order valence-corrected chi connectivity index (χ0v) is 6.55. The second-order valence-corrected chi connectivity index (χ2v) is 2.38. The molecule has 1 rings (SSSR count). The lowest BCUT2D eigenvalue weighted by Crippen LogP contribution is -2.12. The second kappa shape index (κ2) is 3.92. The van der Waals surface area contributed by atoms with Crippen molar-refractivity contribution in [1.82, 2.24) is 0 Å². The fourth-order valence-corrected chi connectivity index (χ4v) is 0.833. The minimum Gasteiger partial charge on any atom is -0.505 e. The van der Waals surface area contributed by atoms with Gasteiger partial charge in [0, 0.05) is 24.8 Å². The van der Waals surface area contributed by atoms with E-state index in [2.05, 4.69) is 5.32 Å². The normalized spacial score (nSPS) is 9.83. The van der Waals surface area contributed by atoms with E-state index in [1.807, 2.05) is 0 Å². The molecule has 1 aromatic carbocycles. The predicted octanol–water partition coefficient (Wildman–Crippen LogP) is 0.902. The molecule has 0 saturated carbocycles. The third kappa shape index (κ3) is 2.10. The third-order valence-corrected chi connectivity index (χ3v) is 1.42. The summed E-state index contributed by atoms with van der Waals surface area (Å²) in [5, 5.41) is 11.7. The maximum Gasteiger partial charge on any atom is 0.166 e. The highest BCUT2D eigenvalue weighted by atomic mass is 19.1. The molecule has 0 bridgehead atoms. The molecule has 0 atom stereocenters. The Kier molecular flexibility index (Phi) is 2.88. The lowest BCUT2D eigenvalue weighted by atomic mass is 10.3. The number of nitrogens with one attached hydrogen (secondary N) is 1. The van der Waals surface area contributed by atoms with Crippen LogP contribution >= 0.6 is 0 Å². The number of phenolic OH excluding ortho intramolecular Hbond substituents is 1. The summed E-state index contributed by atoms with van der Waals surface area (Å²) in [7, 11) is 0. The van der Waals surface area contributed by atoms with Crippen LogP contribution in [0.1, 0.15) is 0 Å². The number of phenols is 1. The Morgan fingerprint density at radius 3 is 2.83 bits per heavy atom. The first-order valence-electron chi connectivity index (χ1n) is 3.66. The number of hydrogen-bond acceptors (Lipinski definition) is 3. The first-order chi connectivity index (χ1) is 5.74. The van der Waals surface area contributed by atoms with Crippen molar-refractivity contribution < 1.29 is 9.50 Å². The number of anilines is 1. The average molecular weight is 170 g/mol. The van der Waals surface area contributed by atoms with Gasteiger partial charge in [0.2, 0.25) is 0 Å². The van der Waals surface area contributed by atoms with Crippen molar-refractivity contribution in [3.63, 3.8) is 0 Å². The molecule has 0 unspecified atom stereocenters. The number of benzene rings is 1. The number of halogens is 1. The monoisotopic (exact) mass is 170 g/mol. The molecule has 0 heterocycles. The van der Waals surface area contributed by atoms with E-state index in [0.717, 1.165) is 0 Å². The highest BCUT2D eigenvalue weighted by molar-refractivity contribution is 5.46. The Bertz CT molecular complexity index is 265. The molecule has 66 valence electrons. The lowest BCUT2D eigenvalue weighted by Gasteiger charge is -2.04. The van der Waals surface area contributed by atoms with Gasteiger partial charge in [-0.05, 0) is 12.1 Å². The molecular formula is C8H11FN2O. The van der Waals surface area contributed by atoms with E-state index in [-0.39, 0.29) is 5.75 Å². The molecule has 0 aromatic heterocycles. The standard InChI is InChI=1S/C8H11FN2O/c9-7-5-6(11-4-3-10)1-2-8(7)12/h1-2,5,11-12H,3-4,10H2. The zero-order valence-electron chi connectivity index (χ0n) is 6.55. The average Bonchev–Trinajstić information content (AvgIpc) is 2.07. The zero-order chi connectivity index (χ0) is 8.97. The van der Waals surface area contributed by atoms with E-state index >= 15 is 0 Å². The molecule has 0 radical (unpaired) electrons. The molecule has 0 aliphatic carbocycles. The molecule has 12 heavy (non-hydrogen) atoms. The van der Waals surface area contributed by atoms with Crippen molar-refractivity contribution in [2.24, 2.45) is 5.73 Å². The van der Waals surface area contributed by atoms with Crippen LogP contribution in [-0.4, -0.2) is 18.2 Å². The van der Waals surface area contributed by atoms with E-state index in [1.165, 1.54) is 12.1 Å². The van der Waals surface area contributed by atoms with Crippen LogP contribution in [0.15, 0.2) is 18.2 Å². The first kappa shape index (κ1) is 8.80. The predicted molar refractivity (Wildman–Crippen MR) is 45.6 cm³/mol. The first-order valence-corrected chi connectivity index (χ1v) is 3.66. The number of nitrogens with two attached hydrogens (primary N) is 1. The van der Waals surface area contributed by atoms with Crippen LogP contribution < -0.4 is 11.1 Å². The van der Waals surface area contributed by atoms with Crippen molar-refractivity contribution in [2.45, 2.75) is 0 Å². The van der Waals surface area contributed by atoms with Gasteiger partial charge in [0.1, 0.15) is 0 Å². The van der Waals surface area contributed by atoms with Crippen LogP contribution in [0.4, 0.5) is 10.1 Å². The van der Waals surface area contributed by atoms with Gasteiger partial charge in [-0.1, -0.05) is 0 Å². The molecule has 3 nitrogen and oxygen atoms in total. The number of aromatic hydroxyl groups is 1. The topological polar surface area (TPSA) is 58.3 Å². The van der Waals surface area contributed by atoms with Crippen LogP contribution in [0.2, 0.25) is 0 Å². The molecule has 0 fully saturated rings. The molecule has 0 spiro atoms. The Labute approximate surface area is 70.0 Å². The van der Waals surface area contributed by atoms with Crippen LogP contribution in [0.3, 0.4) is 0 Å². The van der Waals surface area contributed by atoms with Gasteiger partial charge in [-0.15, -0.1) is 0 Å². The molecule has 4 heteroatoms. The summed E-state index contributed by atoms with van der Waals surface area (Å²) in [5.41, 5.74) is 5.86. The summed E-state index contributed by atoms with van der Waals surface area (Å²) < 4.78 is 12.7. The minimum atomic E-state index is -0.628. The van der Waals surface area contributed by atoms with Crippen LogP contribution in [-0.2, 0) is 0 Å².